The van der Waals surface area contributed by atoms with E-state index in [4.69, 9.17) is 11.6 Å². The van der Waals surface area contributed by atoms with Gasteiger partial charge in [-0.2, -0.15) is 0 Å². The van der Waals surface area contributed by atoms with Gasteiger partial charge in [-0.1, -0.05) is 11.6 Å². The second kappa shape index (κ2) is 6.23. The van der Waals surface area contributed by atoms with E-state index in [-0.39, 0.29) is 0 Å². The van der Waals surface area contributed by atoms with Crippen LogP contribution in [0.4, 0.5) is 5.13 Å². The third-order valence-corrected chi connectivity index (χ3v) is 4.30. The number of halogens is 1. The van der Waals surface area contributed by atoms with Crippen LogP contribution in [0, 0.1) is 0 Å². The third kappa shape index (κ3) is 3.87. The molecule has 0 unspecified atom stereocenters. The number of nitrogens with zero attached hydrogens (tertiary/aromatic N) is 2. The van der Waals surface area contributed by atoms with E-state index in [1.165, 1.54) is 4.88 Å². The van der Waals surface area contributed by atoms with Crippen LogP contribution < -0.4 is 5.32 Å². The summed E-state index contributed by atoms with van der Waals surface area (Å²) in [5, 5.41) is 5.83. The van der Waals surface area contributed by atoms with E-state index in [2.05, 4.69) is 22.2 Å². The lowest BCUT2D eigenvalue weighted by molar-refractivity contribution is 1.13. The molecule has 0 aliphatic rings. The van der Waals surface area contributed by atoms with Crippen molar-refractivity contribution in [2.24, 2.45) is 0 Å². The molecule has 0 bridgehead atoms. The van der Waals surface area contributed by atoms with E-state index in [1.54, 1.807) is 29.3 Å². The van der Waals surface area contributed by atoms with Crippen LogP contribution in [0.25, 0.3) is 0 Å². The van der Waals surface area contributed by atoms with Gasteiger partial charge >= 0.3 is 0 Å². The van der Waals surface area contributed by atoms with Gasteiger partial charge in [0.05, 0.1) is 10.0 Å². The maximum Gasteiger partial charge on any atom is 0.182 e. The quantitative estimate of drug-likeness (QED) is 0.845. The zero-order valence-electron chi connectivity index (χ0n) is 9.31. The minimum absolute atomic E-state index is 0.668. The van der Waals surface area contributed by atoms with E-state index in [9.17, 15) is 0 Å². The lowest BCUT2D eigenvalue weighted by atomic mass is 10.5. The maximum absolute atomic E-state index is 5.78. The van der Waals surface area contributed by atoms with Gasteiger partial charge in [0, 0.05) is 29.6 Å². The number of hydrogen-bond donors (Lipinski definition) is 1. The lowest BCUT2D eigenvalue weighted by Gasteiger charge is -1.98. The number of anilines is 1. The fourth-order valence-electron chi connectivity index (χ4n) is 1.20. The van der Waals surface area contributed by atoms with Crippen molar-refractivity contribution in [3.63, 3.8) is 0 Å². The highest BCUT2D eigenvalue weighted by Gasteiger charge is 2.02. The SMILES string of the molecule is CCNc1ncc(CSc2ccc(Cl)cn2)s1. The topological polar surface area (TPSA) is 37.8 Å². The molecule has 0 spiro atoms. The highest BCUT2D eigenvalue weighted by molar-refractivity contribution is 7.98. The number of hydrogen-bond acceptors (Lipinski definition) is 5. The van der Waals surface area contributed by atoms with Gasteiger partial charge in [0.25, 0.3) is 0 Å². The monoisotopic (exact) mass is 285 g/mol. The summed E-state index contributed by atoms with van der Waals surface area (Å²) in [7, 11) is 0. The van der Waals surface area contributed by atoms with Crippen LogP contribution in [0.1, 0.15) is 11.8 Å². The maximum atomic E-state index is 5.78. The molecule has 0 aliphatic carbocycles. The summed E-state index contributed by atoms with van der Waals surface area (Å²) in [6, 6.07) is 3.78. The van der Waals surface area contributed by atoms with Crippen LogP contribution >= 0.6 is 34.7 Å². The van der Waals surface area contributed by atoms with Gasteiger partial charge in [-0.05, 0) is 19.1 Å². The predicted octanol–water partition coefficient (Wildman–Crippen LogP) is 3.92. The second-order valence-corrected chi connectivity index (χ2v) is 5.81. The Bertz CT molecular complexity index is 470. The molecule has 0 aromatic carbocycles. The van der Waals surface area contributed by atoms with Crippen LogP contribution in [0.5, 0.6) is 0 Å². The summed E-state index contributed by atoms with van der Waals surface area (Å²) < 4.78 is 0. The molecule has 17 heavy (non-hydrogen) atoms. The summed E-state index contributed by atoms with van der Waals surface area (Å²) in [6.07, 6.45) is 3.58. The summed E-state index contributed by atoms with van der Waals surface area (Å²) in [5.74, 6) is 0.887. The molecule has 2 aromatic rings. The minimum Gasteiger partial charge on any atom is -0.362 e. The Morgan fingerprint density at radius 3 is 2.94 bits per heavy atom. The van der Waals surface area contributed by atoms with E-state index in [0.717, 1.165) is 22.5 Å². The van der Waals surface area contributed by atoms with E-state index in [1.807, 2.05) is 18.3 Å². The van der Waals surface area contributed by atoms with E-state index in [0.29, 0.717) is 5.02 Å². The van der Waals surface area contributed by atoms with Crippen LogP contribution in [-0.2, 0) is 5.75 Å². The molecule has 2 rings (SSSR count). The first kappa shape index (κ1) is 12.7. The summed E-state index contributed by atoms with van der Waals surface area (Å²) in [6.45, 7) is 2.96. The van der Waals surface area contributed by atoms with Gasteiger partial charge in [-0.15, -0.1) is 23.1 Å². The minimum atomic E-state index is 0.668. The first-order chi connectivity index (χ1) is 8.28. The van der Waals surface area contributed by atoms with Crippen LogP contribution in [0.3, 0.4) is 0 Å². The summed E-state index contributed by atoms with van der Waals surface area (Å²) >= 11 is 9.15. The molecule has 0 aliphatic heterocycles. The molecule has 0 atom stereocenters. The van der Waals surface area contributed by atoms with Gasteiger partial charge < -0.3 is 5.32 Å². The molecule has 2 aromatic heterocycles. The smallest absolute Gasteiger partial charge is 0.182 e. The van der Waals surface area contributed by atoms with Gasteiger partial charge in [-0.3, -0.25) is 0 Å². The Labute approximate surface area is 114 Å². The van der Waals surface area contributed by atoms with E-state index < -0.39 is 0 Å². The molecule has 90 valence electrons. The zero-order chi connectivity index (χ0) is 12.1. The number of thioether (sulfide) groups is 1. The van der Waals surface area contributed by atoms with Crippen molar-refractivity contribution in [1.82, 2.24) is 9.97 Å². The van der Waals surface area contributed by atoms with Crippen LogP contribution in [0.2, 0.25) is 5.02 Å². The molecule has 6 heteroatoms. The Morgan fingerprint density at radius 2 is 2.24 bits per heavy atom. The van der Waals surface area contributed by atoms with Crippen molar-refractivity contribution in [3.05, 3.63) is 34.4 Å². The van der Waals surface area contributed by atoms with Crippen LogP contribution in [-0.4, -0.2) is 16.5 Å². The predicted molar refractivity (Wildman–Crippen MR) is 75.1 cm³/mol. The normalized spacial score (nSPS) is 10.5. The van der Waals surface area contributed by atoms with Gasteiger partial charge in [0.2, 0.25) is 0 Å². The average Bonchev–Trinajstić information content (AvgIpc) is 2.77. The summed E-state index contributed by atoms with van der Waals surface area (Å²) in [5.41, 5.74) is 0. The molecular weight excluding hydrogens is 274 g/mol. The Hall–Kier alpha value is -0.780. The molecular formula is C11H12ClN3S2. The number of aromatic nitrogens is 2. The lowest BCUT2D eigenvalue weighted by Crippen LogP contribution is -1.94. The van der Waals surface area contributed by atoms with Crippen molar-refractivity contribution in [3.8, 4) is 0 Å². The largest absolute Gasteiger partial charge is 0.362 e. The standard InChI is InChI=1S/C11H12ClN3S2/c1-2-13-11-15-6-9(17-11)7-16-10-4-3-8(12)5-14-10/h3-6H,2,7H2,1H3,(H,13,15). The fourth-order valence-corrected chi connectivity index (χ4v) is 3.06. The molecule has 1 N–H and O–H groups in total. The molecule has 3 nitrogen and oxygen atoms in total. The van der Waals surface area contributed by atoms with Gasteiger partial charge in [0.1, 0.15) is 0 Å². The summed E-state index contributed by atoms with van der Waals surface area (Å²) in [4.78, 5) is 9.76. The van der Waals surface area contributed by atoms with Crippen molar-refractivity contribution < 1.29 is 0 Å². The Balaban J connectivity index is 1.90. The first-order valence-electron chi connectivity index (χ1n) is 5.21. The van der Waals surface area contributed by atoms with Crippen molar-refractivity contribution in [2.75, 3.05) is 11.9 Å². The van der Waals surface area contributed by atoms with Crippen molar-refractivity contribution in [2.45, 2.75) is 17.7 Å². The second-order valence-electron chi connectivity index (χ2n) is 3.27. The number of rotatable bonds is 5. The molecule has 0 saturated carbocycles. The Morgan fingerprint density at radius 1 is 1.35 bits per heavy atom. The Kier molecular flexibility index (Phi) is 4.65. The highest BCUT2D eigenvalue weighted by atomic mass is 35.5. The molecule has 0 fully saturated rings. The average molecular weight is 286 g/mol. The van der Waals surface area contributed by atoms with Gasteiger partial charge in [0.15, 0.2) is 5.13 Å². The zero-order valence-corrected chi connectivity index (χ0v) is 11.7. The molecule has 0 saturated heterocycles. The number of pyridine rings is 1. The van der Waals surface area contributed by atoms with E-state index >= 15 is 0 Å². The third-order valence-electron chi connectivity index (χ3n) is 1.94. The highest BCUT2D eigenvalue weighted by Crippen LogP contribution is 2.26. The van der Waals surface area contributed by atoms with Crippen molar-refractivity contribution in [1.29, 1.82) is 0 Å². The molecule has 2 heterocycles. The molecule has 0 radical (unpaired) electrons. The number of nitrogens with one attached hydrogen (secondary N) is 1. The van der Waals surface area contributed by atoms with Crippen LogP contribution in [0.15, 0.2) is 29.6 Å². The van der Waals surface area contributed by atoms with Gasteiger partial charge in [-0.25, -0.2) is 9.97 Å². The first-order valence-corrected chi connectivity index (χ1v) is 7.39. The molecule has 0 amide bonds. The number of thiazole rings is 1. The van der Waals surface area contributed by atoms with Crippen molar-refractivity contribution >= 4 is 39.8 Å². The fraction of sp³-hybridized carbons (Fsp3) is 0.273.